The fourth-order valence-electron chi connectivity index (χ4n) is 2.15. The normalized spacial score (nSPS) is 11.3. The number of nitrogens with zero attached hydrogens (tertiary/aromatic N) is 2. The molecule has 0 spiro atoms. The summed E-state index contributed by atoms with van der Waals surface area (Å²) >= 11 is 1.57. The summed E-state index contributed by atoms with van der Waals surface area (Å²) in [6.07, 6.45) is 9.15. The third-order valence-electron chi connectivity index (χ3n) is 3.25. The molecule has 3 aromatic heterocycles. The highest BCUT2D eigenvalue weighted by Gasteiger charge is 2.15. The molecule has 0 radical (unpaired) electrons. The maximum absolute atomic E-state index is 5.24. The van der Waals surface area contributed by atoms with E-state index in [4.69, 9.17) is 4.42 Å². The molecule has 0 saturated heterocycles. The molecule has 3 rings (SSSR count). The topological polar surface area (TPSA) is 54.7 Å². The van der Waals surface area contributed by atoms with Crippen LogP contribution >= 0.6 is 11.3 Å². The molecule has 0 amide bonds. The van der Waals surface area contributed by atoms with Crippen LogP contribution in [0.15, 0.2) is 41.1 Å². The van der Waals surface area contributed by atoms with Crippen molar-refractivity contribution in [2.45, 2.75) is 13.8 Å². The maximum atomic E-state index is 5.24. The Kier molecular flexibility index (Phi) is 3.58. The molecule has 0 aromatic carbocycles. The third kappa shape index (κ3) is 2.48. The largest absolute Gasteiger partial charge is 0.448 e. The zero-order chi connectivity index (χ0) is 14.8. The molecule has 0 aliphatic rings. The van der Waals surface area contributed by atoms with E-state index in [1.165, 1.54) is 6.39 Å². The van der Waals surface area contributed by atoms with E-state index in [1.54, 1.807) is 17.4 Å². The first-order chi connectivity index (χ1) is 10.2. The Morgan fingerprint density at radius 2 is 2.24 bits per heavy atom. The van der Waals surface area contributed by atoms with Crippen LogP contribution in [0.25, 0.3) is 28.0 Å². The predicted molar refractivity (Wildman–Crippen MR) is 86.1 cm³/mol. The molecule has 0 unspecified atom stereocenters. The van der Waals surface area contributed by atoms with Gasteiger partial charge in [-0.3, -0.25) is 0 Å². The molecule has 106 valence electrons. The minimum Gasteiger partial charge on any atom is -0.448 e. The molecular formula is C16H15N3OS. The third-order valence-corrected chi connectivity index (χ3v) is 4.10. The Hall–Kier alpha value is -2.40. The van der Waals surface area contributed by atoms with E-state index in [-0.39, 0.29) is 0 Å². The predicted octanol–water partition coefficient (Wildman–Crippen LogP) is 4.61. The van der Waals surface area contributed by atoms with Crippen molar-refractivity contribution in [2.75, 3.05) is 0 Å². The molecule has 21 heavy (non-hydrogen) atoms. The molecule has 3 heterocycles. The Labute approximate surface area is 126 Å². The van der Waals surface area contributed by atoms with Crippen molar-refractivity contribution in [1.29, 1.82) is 0 Å². The summed E-state index contributed by atoms with van der Waals surface area (Å²) in [7, 11) is 0. The van der Waals surface area contributed by atoms with Gasteiger partial charge in [0.05, 0.1) is 5.69 Å². The minimum absolute atomic E-state index is 0.785. The molecule has 0 aliphatic carbocycles. The second kappa shape index (κ2) is 5.54. The number of aryl methyl sites for hydroxylation is 2. The molecule has 0 aliphatic heterocycles. The number of rotatable bonds is 4. The summed E-state index contributed by atoms with van der Waals surface area (Å²) in [6.45, 7) is 7.64. The molecule has 0 bridgehead atoms. The van der Waals surface area contributed by atoms with Crippen molar-refractivity contribution in [1.82, 2.24) is 15.0 Å². The van der Waals surface area contributed by atoms with Crippen molar-refractivity contribution in [3.05, 3.63) is 53.7 Å². The highest BCUT2D eigenvalue weighted by molar-refractivity contribution is 7.13. The summed E-state index contributed by atoms with van der Waals surface area (Å²) < 4.78 is 5.24. The van der Waals surface area contributed by atoms with Gasteiger partial charge in [0.15, 0.2) is 6.39 Å². The standard InChI is InChI=1S/C16H15N3OS/c1-4-5-6-12-10(2)17-7-13(12)14-8-21-16(19-14)15-11(3)20-9-18-15/h4-9,17H,1H2,2-3H3/b6-5-. The highest BCUT2D eigenvalue weighted by atomic mass is 32.1. The number of thiazole rings is 1. The zero-order valence-corrected chi connectivity index (χ0v) is 12.7. The lowest BCUT2D eigenvalue weighted by Gasteiger charge is -1.96. The number of aromatic amines is 1. The van der Waals surface area contributed by atoms with E-state index in [2.05, 4.69) is 21.5 Å². The highest BCUT2D eigenvalue weighted by Crippen LogP contribution is 2.32. The first-order valence-corrected chi connectivity index (χ1v) is 7.42. The van der Waals surface area contributed by atoms with Crippen LogP contribution in [0, 0.1) is 13.8 Å². The molecule has 4 nitrogen and oxygen atoms in total. The lowest BCUT2D eigenvalue weighted by Crippen LogP contribution is -1.82. The van der Waals surface area contributed by atoms with Crippen LogP contribution in [0.4, 0.5) is 0 Å². The summed E-state index contributed by atoms with van der Waals surface area (Å²) in [6, 6.07) is 0. The molecule has 0 saturated carbocycles. The van der Waals surface area contributed by atoms with E-state index in [0.29, 0.717) is 0 Å². The number of allylic oxidation sites excluding steroid dienone is 2. The summed E-state index contributed by atoms with van der Waals surface area (Å²) in [4.78, 5) is 12.1. The second-order valence-corrected chi connectivity index (χ2v) is 5.49. The van der Waals surface area contributed by atoms with Gasteiger partial charge in [-0.05, 0) is 13.8 Å². The van der Waals surface area contributed by atoms with E-state index >= 15 is 0 Å². The van der Waals surface area contributed by atoms with Crippen LogP contribution in [0.2, 0.25) is 0 Å². The average molecular weight is 297 g/mol. The number of oxazole rings is 1. The van der Waals surface area contributed by atoms with Crippen molar-refractivity contribution in [3.8, 4) is 22.0 Å². The summed E-state index contributed by atoms with van der Waals surface area (Å²) in [5.41, 5.74) is 5.06. The minimum atomic E-state index is 0.785. The number of H-pyrrole nitrogens is 1. The molecule has 1 N–H and O–H groups in total. The van der Waals surface area contributed by atoms with Gasteiger partial charge in [-0.1, -0.05) is 24.8 Å². The van der Waals surface area contributed by atoms with E-state index in [0.717, 1.165) is 39.0 Å². The average Bonchev–Trinajstić information content (AvgIpc) is 3.16. The van der Waals surface area contributed by atoms with Crippen molar-refractivity contribution in [3.63, 3.8) is 0 Å². The van der Waals surface area contributed by atoms with Crippen LogP contribution in [-0.2, 0) is 0 Å². The number of nitrogens with one attached hydrogen (secondary N) is 1. The molecular weight excluding hydrogens is 282 g/mol. The fourth-order valence-corrected chi connectivity index (χ4v) is 3.01. The SMILES string of the molecule is C=C/C=C\c1c(-c2csc(-c3ncoc3C)n2)c[nH]c1C. The molecule has 0 atom stereocenters. The van der Waals surface area contributed by atoms with Gasteiger partial charge in [0.2, 0.25) is 0 Å². The zero-order valence-electron chi connectivity index (χ0n) is 11.9. The first-order valence-electron chi connectivity index (χ1n) is 6.54. The van der Waals surface area contributed by atoms with Gasteiger partial charge in [-0.2, -0.15) is 0 Å². The van der Waals surface area contributed by atoms with Crippen molar-refractivity contribution >= 4 is 17.4 Å². The summed E-state index contributed by atoms with van der Waals surface area (Å²) in [5, 5.41) is 2.91. The fraction of sp³-hybridized carbons (Fsp3) is 0.125. The van der Waals surface area contributed by atoms with Crippen molar-refractivity contribution < 1.29 is 4.42 Å². The second-order valence-electron chi connectivity index (χ2n) is 4.63. The van der Waals surface area contributed by atoms with Gasteiger partial charge in [-0.15, -0.1) is 11.3 Å². The van der Waals surface area contributed by atoms with Gasteiger partial charge in [0.25, 0.3) is 0 Å². The van der Waals surface area contributed by atoms with E-state index < -0.39 is 0 Å². The molecule has 0 fully saturated rings. The van der Waals surface area contributed by atoms with Crippen LogP contribution < -0.4 is 0 Å². The number of hydrogen-bond donors (Lipinski definition) is 1. The van der Waals surface area contributed by atoms with Gasteiger partial charge in [-0.25, -0.2) is 9.97 Å². The van der Waals surface area contributed by atoms with Crippen LogP contribution in [0.3, 0.4) is 0 Å². The quantitative estimate of drug-likeness (QED) is 0.715. The maximum Gasteiger partial charge on any atom is 0.181 e. The molecule has 5 heteroatoms. The molecule has 3 aromatic rings. The van der Waals surface area contributed by atoms with E-state index in [1.807, 2.05) is 37.6 Å². The van der Waals surface area contributed by atoms with Gasteiger partial charge >= 0.3 is 0 Å². The van der Waals surface area contributed by atoms with Crippen LogP contribution in [-0.4, -0.2) is 15.0 Å². The van der Waals surface area contributed by atoms with Gasteiger partial charge in [0.1, 0.15) is 16.5 Å². The smallest absolute Gasteiger partial charge is 0.181 e. The Morgan fingerprint density at radius 1 is 1.38 bits per heavy atom. The Bertz CT molecular complexity index is 807. The van der Waals surface area contributed by atoms with Crippen LogP contribution in [0.1, 0.15) is 17.0 Å². The van der Waals surface area contributed by atoms with Gasteiger partial charge in [0, 0.05) is 28.4 Å². The number of hydrogen-bond acceptors (Lipinski definition) is 4. The first kappa shape index (κ1) is 13.6. The van der Waals surface area contributed by atoms with Crippen LogP contribution in [0.5, 0.6) is 0 Å². The lowest BCUT2D eigenvalue weighted by molar-refractivity contribution is 0.527. The van der Waals surface area contributed by atoms with Gasteiger partial charge < -0.3 is 9.40 Å². The summed E-state index contributed by atoms with van der Waals surface area (Å²) in [5.74, 6) is 0.785. The number of aromatic nitrogens is 3. The Balaban J connectivity index is 2.03. The Morgan fingerprint density at radius 3 is 2.95 bits per heavy atom. The van der Waals surface area contributed by atoms with E-state index in [9.17, 15) is 0 Å². The lowest BCUT2D eigenvalue weighted by atomic mass is 10.1. The van der Waals surface area contributed by atoms with Crippen molar-refractivity contribution in [2.24, 2.45) is 0 Å². The monoisotopic (exact) mass is 297 g/mol.